The van der Waals surface area contributed by atoms with Crippen molar-refractivity contribution in [1.29, 1.82) is 0 Å². The molecule has 1 aromatic rings. The predicted octanol–water partition coefficient (Wildman–Crippen LogP) is 2.48. The first-order valence-corrected chi connectivity index (χ1v) is 5.32. The molecule has 0 bridgehead atoms. The summed E-state index contributed by atoms with van der Waals surface area (Å²) in [6.45, 7) is 2.65. The van der Waals surface area contributed by atoms with Gasteiger partial charge in [0.25, 0.3) is 0 Å². The number of ketones is 1. The Morgan fingerprint density at radius 2 is 2.46 bits per heavy atom. The average molecular weight is 196 g/mol. The van der Waals surface area contributed by atoms with Gasteiger partial charge in [-0.05, 0) is 23.9 Å². The molecule has 0 aliphatic carbocycles. The van der Waals surface area contributed by atoms with E-state index in [-0.39, 0.29) is 6.10 Å². The summed E-state index contributed by atoms with van der Waals surface area (Å²) in [4.78, 5) is 12.5. The number of ether oxygens (including phenoxy) is 1. The third-order valence-electron chi connectivity index (χ3n) is 2.24. The maximum absolute atomic E-state index is 11.2. The van der Waals surface area contributed by atoms with Gasteiger partial charge in [0.05, 0.1) is 12.7 Å². The summed E-state index contributed by atoms with van der Waals surface area (Å²) in [6, 6.07) is 2.11. The monoisotopic (exact) mass is 196 g/mol. The molecule has 3 heteroatoms. The molecule has 1 aliphatic rings. The van der Waals surface area contributed by atoms with Crippen LogP contribution in [0.15, 0.2) is 11.4 Å². The van der Waals surface area contributed by atoms with Crippen LogP contribution in [0.4, 0.5) is 0 Å². The highest BCUT2D eigenvalue weighted by Crippen LogP contribution is 2.29. The topological polar surface area (TPSA) is 26.3 Å². The fourth-order valence-electron chi connectivity index (χ4n) is 1.53. The van der Waals surface area contributed by atoms with E-state index in [4.69, 9.17) is 4.74 Å². The minimum absolute atomic E-state index is 0.0196. The molecule has 13 heavy (non-hydrogen) atoms. The van der Waals surface area contributed by atoms with E-state index >= 15 is 0 Å². The molecule has 2 rings (SSSR count). The lowest BCUT2D eigenvalue weighted by Crippen LogP contribution is -2.18. The quantitative estimate of drug-likeness (QED) is 0.689. The molecule has 2 heterocycles. The maximum Gasteiger partial charge on any atom is 0.138 e. The Hall–Kier alpha value is -0.670. The van der Waals surface area contributed by atoms with E-state index in [1.54, 1.807) is 11.3 Å². The van der Waals surface area contributed by atoms with Gasteiger partial charge in [0.1, 0.15) is 5.78 Å². The van der Waals surface area contributed by atoms with Gasteiger partial charge in [-0.15, -0.1) is 11.3 Å². The predicted molar refractivity (Wildman–Crippen MR) is 52.0 cm³/mol. The van der Waals surface area contributed by atoms with Gasteiger partial charge in [0, 0.05) is 17.7 Å². The van der Waals surface area contributed by atoms with Crippen molar-refractivity contribution in [2.45, 2.75) is 25.9 Å². The van der Waals surface area contributed by atoms with Gasteiger partial charge in [-0.1, -0.05) is 0 Å². The zero-order valence-electron chi connectivity index (χ0n) is 7.58. The Kier molecular flexibility index (Phi) is 2.47. The van der Waals surface area contributed by atoms with E-state index in [0.717, 1.165) is 5.56 Å². The first kappa shape index (κ1) is 8.91. The lowest BCUT2D eigenvalue weighted by molar-refractivity contribution is -0.128. The standard InChI is InChI=1S/C10H12O2S/c1-7-4-8(6-13-7)10-5-9(11)2-3-12-10/h4,6,10H,2-3,5H2,1H3. The number of hydrogen-bond donors (Lipinski definition) is 0. The van der Waals surface area contributed by atoms with Crippen LogP contribution in [0.5, 0.6) is 0 Å². The van der Waals surface area contributed by atoms with Gasteiger partial charge >= 0.3 is 0 Å². The second-order valence-electron chi connectivity index (χ2n) is 3.34. The van der Waals surface area contributed by atoms with Crippen LogP contribution in [0.3, 0.4) is 0 Å². The number of thiophene rings is 1. The fraction of sp³-hybridized carbons (Fsp3) is 0.500. The number of aryl methyl sites for hydroxylation is 1. The maximum atomic E-state index is 11.2. The third kappa shape index (κ3) is 1.98. The van der Waals surface area contributed by atoms with Crippen molar-refractivity contribution in [3.05, 3.63) is 21.9 Å². The highest BCUT2D eigenvalue weighted by Gasteiger charge is 2.21. The molecule has 1 atom stereocenters. The second kappa shape index (κ2) is 3.60. The Balaban J connectivity index is 2.12. The number of hydrogen-bond acceptors (Lipinski definition) is 3. The van der Waals surface area contributed by atoms with E-state index in [2.05, 4.69) is 18.4 Å². The van der Waals surface area contributed by atoms with Crippen molar-refractivity contribution < 1.29 is 9.53 Å². The first-order chi connectivity index (χ1) is 6.25. The van der Waals surface area contributed by atoms with Crippen molar-refractivity contribution in [1.82, 2.24) is 0 Å². The van der Waals surface area contributed by atoms with Gasteiger partial charge < -0.3 is 4.74 Å². The van der Waals surface area contributed by atoms with E-state index in [0.29, 0.717) is 25.2 Å². The van der Waals surface area contributed by atoms with Gasteiger partial charge in [0.2, 0.25) is 0 Å². The summed E-state index contributed by atoms with van der Waals surface area (Å²) < 4.78 is 5.53. The molecule has 0 aromatic carbocycles. The van der Waals surface area contributed by atoms with Crippen LogP contribution in [-0.4, -0.2) is 12.4 Å². The van der Waals surface area contributed by atoms with Crippen LogP contribution in [0.1, 0.15) is 29.4 Å². The smallest absolute Gasteiger partial charge is 0.138 e. The summed E-state index contributed by atoms with van der Waals surface area (Å²) in [6.07, 6.45) is 1.15. The zero-order valence-corrected chi connectivity index (χ0v) is 8.39. The molecule has 0 N–H and O–H groups in total. The minimum atomic E-state index is 0.0196. The van der Waals surface area contributed by atoms with Crippen molar-refractivity contribution in [3.8, 4) is 0 Å². The van der Waals surface area contributed by atoms with E-state index in [1.165, 1.54) is 4.88 Å². The van der Waals surface area contributed by atoms with Crippen LogP contribution in [0.2, 0.25) is 0 Å². The van der Waals surface area contributed by atoms with Crippen molar-refractivity contribution in [2.75, 3.05) is 6.61 Å². The Morgan fingerprint density at radius 1 is 1.62 bits per heavy atom. The number of Topliss-reactive ketones (excluding diaryl/α,β-unsaturated/α-hetero) is 1. The third-order valence-corrected chi connectivity index (χ3v) is 3.12. The Morgan fingerprint density at radius 3 is 3.08 bits per heavy atom. The van der Waals surface area contributed by atoms with Gasteiger partial charge in [-0.2, -0.15) is 0 Å². The van der Waals surface area contributed by atoms with Gasteiger partial charge in [-0.25, -0.2) is 0 Å². The fourth-order valence-corrected chi connectivity index (χ4v) is 2.28. The molecule has 0 radical (unpaired) electrons. The highest BCUT2D eigenvalue weighted by molar-refractivity contribution is 7.10. The van der Waals surface area contributed by atoms with Crippen LogP contribution in [0.25, 0.3) is 0 Å². The van der Waals surface area contributed by atoms with Gasteiger partial charge in [-0.3, -0.25) is 4.79 Å². The second-order valence-corrected chi connectivity index (χ2v) is 4.46. The average Bonchev–Trinajstić information content (AvgIpc) is 2.52. The molecule has 2 nitrogen and oxygen atoms in total. The Labute approximate surface area is 81.5 Å². The molecular formula is C10H12O2S. The molecule has 1 saturated heterocycles. The SMILES string of the molecule is Cc1cc(C2CC(=O)CCO2)cs1. The molecule has 1 aromatic heterocycles. The molecule has 70 valence electrons. The van der Waals surface area contributed by atoms with Gasteiger partial charge in [0.15, 0.2) is 0 Å². The Bertz CT molecular complexity index is 316. The van der Waals surface area contributed by atoms with Crippen LogP contribution in [-0.2, 0) is 9.53 Å². The normalized spacial score (nSPS) is 23.5. The van der Waals surface area contributed by atoms with E-state index in [1.807, 2.05) is 0 Å². The van der Waals surface area contributed by atoms with Crippen LogP contribution >= 0.6 is 11.3 Å². The molecule has 0 saturated carbocycles. The van der Waals surface area contributed by atoms with Crippen molar-refractivity contribution in [3.63, 3.8) is 0 Å². The largest absolute Gasteiger partial charge is 0.373 e. The number of rotatable bonds is 1. The molecule has 0 spiro atoms. The number of carbonyl (C=O) groups excluding carboxylic acids is 1. The lowest BCUT2D eigenvalue weighted by Gasteiger charge is -2.20. The summed E-state index contributed by atoms with van der Waals surface area (Å²) in [5.41, 5.74) is 1.16. The molecule has 0 amide bonds. The van der Waals surface area contributed by atoms with Crippen LogP contribution < -0.4 is 0 Å². The van der Waals surface area contributed by atoms with Crippen molar-refractivity contribution in [2.24, 2.45) is 0 Å². The van der Waals surface area contributed by atoms with Crippen molar-refractivity contribution >= 4 is 17.1 Å². The first-order valence-electron chi connectivity index (χ1n) is 4.44. The summed E-state index contributed by atoms with van der Waals surface area (Å²) in [5.74, 6) is 0.320. The lowest BCUT2D eigenvalue weighted by atomic mass is 10.0. The van der Waals surface area contributed by atoms with E-state index < -0.39 is 0 Å². The molecule has 1 aliphatic heterocycles. The summed E-state index contributed by atoms with van der Waals surface area (Å²) in [5, 5.41) is 2.08. The number of carbonyl (C=O) groups is 1. The minimum Gasteiger partial charge on any atom is -0.373 e. The molecule has 1 unspecified atom stereocenters. The zero-order chi connectivity index (χ0) is 9.26. The highest BCUT2D eigenvalue weighted by atomic mass is 32.1. The summed E-state index contributed by atoms with van der Waals surface area (Å²) >= 11 is 1.71. The van der Waals surface area contributed by atoms with Crippen LogP contribution in [0, 0.1) is 6.92 Å². The molecular weight excluding hydrogens is 184 g/mol. The van der Waals surface area contributed by atoms with E-state index in [9.17, 15) is 4.79 Å². The molecule has 1 fully saturated rings. The summed E-state index contributed by atoms with van der Waals surface area (Å²) in [7, 11) is 0.